The van der Waals surface area contributed by atoms with Gasteiger partial charge in [0.1, 0.15) is 5.75 Å². The molecule has 1 fully saturated rings. The Morgan fingerprint density at radius 2 is 1.88 bits per heavy atom. The predicted octanol–water partition coefficient (Wildman–Crippen LogP) is 4.36. The molecule has 2 aromatic rings. The molecule has 128 valence electrons. The SMILES string of the molecule is Cc1cc(C2=CC(c3ccccc3)NC(=O)N2C2CCC2)ccc1O. The minimum Gasteiger partial charge on any atom is -0.508 e. The van der Waals surface area contributed by atoms with Crippen LogP contribution in [0.5, 0.6) is 5.75 Å². The zero-order valence-corrected chi connectivity index (χ0v) is 14.3. The number of aromatic hydroxyl groups is 1. The van der Waals surface area contributed by atoms with Crippen molar-refractivity contribution >= 4 is 11.7 Å². The number of nitrogens with zero attached hydrogens (tertiary/aromatic N) is 1. The third kappa shape index (κ3) is 2.88. The first-order valence-electron chi connectivity index (χ1n) is 8.80. The highest BCUT2D eigenvalue weighted by molar-refractivity contribution is 5.89. The van der Waals surface area contributed by atoms with Crippen LogP contribution in [-0.4, -0.2) is 22.1 Å². The Morgan fingerprint density at radius 1 is 1.12 bits per heavy atom. The lowest BCUT2D eigenvalue weighted by Gasteiger charge is -2.42. The molecule has 2 N–H and O–H groups in total. The van der Waals surface area contributed by atoms with Gasteiger partial charge in [-0.1, -0.05) is 30.3 Å². The molecule has 2 amide bonds. The Balaban J connectivity index is 1.79. The molecule has 1 aliphatic heterocycles. The van der Waals surface area contributed by atoms with Gasteiger partial charge >= 0.3 is 6.03 Å². The number of amides is 2. The minimum absolute atomic E-state index is 0.0400. The van der Waals surface area contributed by atoms with Crippen LogP contribution >= 0.6 is 0 Å². The molecule has 25 heavy (non-hydrogen) atoms. The summed E-state index contributed by atoms with van der Waals surface area (Å²) in [4.78, 5) is 14.8. The fraction of sp³-hybridized carbons (Fsp3) is 0.286. The highest BCUT2D eigenvalue weighted by Gasteiger charge is 2.36. The number of rotatable bonds is 3. The van der Waals surface area contributed by atoms with Crippen molar-refractivity contribution in [2.75, 3.05) is 0 Å². The second kappa shape index (κ2) is 6.28. The van der Waals surface area contributed by atoms with Crippen LogP contribution in [-0.2, 0) is 0 Å². The molecule has 4 heteroatoms. The van der Waals surface area contributed by atoms with Crippen LogP contribution in [0.1, 0.15) is 42.0 Å². The summed E-state index contributed by atoms with van der Waals surface area (Å²) in [6.45, 7) is 1.88. The number of nitrogens with one attached hydrogen (secondary N) is 1. The van der Waals surface area contributed by atoms with Gasteiger partial charge in [0.05, 0.1) is 11.7 Å². The van der Waals surface area contributed by atoms with Crippen LogP contribution in [0, 0.1) is 6.92 Å². The molecule has 2 aromatic carbocycles. The number of phenolic OH excluding ortho intramolecular Hbond substituents is 1. The summed E-state index contributed by atoms with van der Waals surface area (Å²) in [6, 6.07) is 15.6. The van der Waals surface area contributed by atoms with Gasteiger partial charge in [0.2, 0.25) is 0 Å². The van der Waals surface area contributed by atoms with Gasteiger partial charge in [-0.05, 0) is 67.2 Å². The van der Waals surface area contributed by atoms with E-state index < -0.39 is 0 Å². The molecule has 1 aliphatic carbocycles. The van der Waals surface area contributed by atoms with Crippen LogP contribution in [0.15, 0.2) is 54.6 Å². The van der Waals surface area contributed by atoms with Gasteiger partial charge in [-0.15, -0.1) is 0 Å². The zero-order valence-electron chi connectivity index (χ0n) is 14.3. The lowest BCUT2D eigenvalue weighted by Crippen LogP contribution is -2.51. The minimum atomic E-state index is -0.144. The van der Waals surface area contributed by atoms with Crippen molar-refractivity contribution in [2.24, 2.45) is 0 Å². The number of benzene rings is 2. The molecular weight excluding hydrogens is 312 g/mol. The van der Waals surface area contributed by atoms with Gasteiger partial charge in [-0.25, -0.2) is 4.79 Å². The highest BCUT2D eigenvalue weighted by atomic mass is 16.3. The maximum atomic E-state index is 12.9. The molecule has 2 aliphatic rings. The molecular formula is C21H22N2O2. The highest BCUT2D eigenvalue weighted by Crippen LogP contribution is 2.37. The molecule has 0 bridgehead atoms. The summed E-state index contributed by atoms with van der Waals surface area (Å²) < 4.78 is 0. The summed E-state index contributed by atoms with van der Waals surface area (Å²) in [5, 5.41) is 13.0. The van der Waals surface area contributed by atoms with Crippen molar-refractivity contribution in [3.8, 4) is 5.75 Å². The van der Waals surface area contributed by atoms with Gasteiger partial charge in [-0.2, -0.15) is 0 Å². The quantitative estimate of drug-likeness (QED) is 0.876. The van der Waals surface area contributed by atoms with Crippen molar-refractivity contribution in [2.45, 2.75) is 38.3 Å². The van der Waals surface area contributed by atoms with E-state index in [0.29, 0.717) is 0 Å². The predicted molar refractivity (Wildman–Crippen MR) is 98.0 cm³/mol. The Labute approximate surface area is 147 Å². The largest absolute Gasteiger partial charge is 0.508 e. The lowest BCUT2D eigenvalue weighted by molar-refractivity contribution is 0.171. The Morgan fingerprint density at radius 3 is 2.52 bits per heavy atom. The maximum Gasteiger partial charge on any atom is 0.322 e. The first kappa shape index (κ1) is 15.8. The normalized spacial score (nSPS) is 20.7. The smallest absolute Gasteiger partial charge is 0.322 e. The summed E-state index contributed by atoms with van der Waals surface area (Å²) in [6.07, 6.45) is 5.37. The third-order valence-electron chi connectivity index (χ3n) is 5.17. The third-order valence-corrected chi connectivity index (χ3v) is 5.17. The number of carbonyl (C=O) groups excluding carboxylic acids is 1. The van der Waals surface area contributed by atoms with E-state index in [4.69, 9.17) is 0 Å². The lowest BCUT2D eigenvalue weighted by atomic mass is 9.89. The van der Waals surface area contributed by atoms with Crippen molar-refractivity contribution in [1.29, 1.82) is 0 Å². The van der Waals surface area contributed by atoms with Crippen LogP contribution in [0.2, 0.25) is 0 Å². The average molecular weight is 334 g/mol. The molecule has 0 aromatic heterocycles. The molecule has 0 saturated heterocycles. The van der Waals surface area contributed by atoms with Crippen molar-refractivity contribution in [3.63, 3.8) is 0 Å². The van der Waals surface area contributed by atoms with Crippen LogP contribution < -0.4 is 5.32 Å². The monoisotopic (exact) mass is 334 g/mol. The molecule has 4 nitrogen and oxygen atoms in total. The van der Waals surface area contributed by atoms with Gasteiger partial charge in [0.15, 0.2) is 0 Å². The Hall–Kier alpha value is -2.75. The van der Waals surface area contributed by atoms with E-state index >= 15 is 0 Å². The number of carbonyl (C=O) groups is 1. The molecule has 0 radical (unpaired) electrons. The van der Waals surface area contributed by atoms with Gasteiger partial charge in [-0.3, -0.25) is 4.90 Å². The van der Waals surface area contributed by atoms with Crippen LogP contribution in [0.25, 0.3) is 5.70 Å². The first-order valence-corrected chi connectivity index (χ1v) is 8.80. The standard InChI is InChI=1S/C21H22N2O2/c1-14-12-16(10-11-20(14)24)19-13-18(15-6-3-2-4-7-15)22-21(25)23(19)17-8-5-9-17/h2-4,6-7,10-13,17-18,24H,5,8-9H2,1H3,(H,22,25). The summed E-state index contributed by atoms with van der Waals surface area (Å²) >= 11 is 0. The van der Waals surface area contributed by atoms with E-state index in [9.17, 15) is 9.90 Å². The van der Waals surface area contributed by atoms with E-state index in [0.717, 1.165) is 35.2 Å². The number of aryl methyl sites for hydroxylation is 1. The number of phenols is 1. The molecule has 1 saturated carbocycles. The maximum absolute atomic E-state index is 12.9. The summed E-state index contributed by atoms with van der Waals surface area (Å²) in [5.74, 6) is 0.277. The van der Waals surface area contributed by atoms with E-state index in [1.165, 1.54) is 6.42 Å². The molecule has 1 atom stereocenters. The molecule has 1 heterocycles. The fourth-order valence-corrected chi connectivity index (χ4v) is 3.49. The van der Waals surface area contributed by atoms with E-state index in [1.807, 2.05) is 54.3 Å². The molecule has 1 unspecified atom stereocenters. The topological polar surface area (TPSA) is 52.6 Å². The Kier molecular flexibility index (Phi) is 3.96. The number of hydrogen-bond acceptors (Lipinski definition) is 2. The second-order valence-corrected chi connectivity index (χ2v) is 6.85. The Bertz CT molecular complexity index is 825. The van der Waals surface area contributed by atoms with Crippen molar-refractivity contribution in [3.05, 3.63) is 71.3 Å². The molecule has 0 spiro atoms. The summed E-state index contributed by atoms with van der Waals surface area (Å²) in [7, 11) is 0. The number of hydrogen-bond donors (Lipinski definition) is 2. The zero-order chi connectivity index (χ0) is 17.4. The van der Waals surface area contributed by atoms with E-state index in [-0.39, 0.29) is 23.9 Å². The van der Waals surface area contributed by atoms with Crippen LogP contribution in [0.4, 0.5) is 4.79 Å². The molecule has 4 rings (SSSR count). The average Bonchev–Trinajstić information content (AvgIpc) is 2.58. The second-order valence-electron chi connectivity index (χ2n) is 6.85. The van der Waals surface area contributed by atoms with E-state index in [2.05, 4.69) is 11.4 Å². The van der Waals surface area contributed by atoms with Gasteiger partial charge < -0.3 is 10.4 Å². The van der Waals surface area contributed by atoms with Crippen molar-refractivity contribution in [1.82, 2.24) is 10.2 Å². The first-order chi connectivity index (χ1) is 12.1. The van der Waals surface area contributed by atoms with Crippen molar-refractivity contribution < 1.29 is 9.90 Å². The fourth-order valence-electron chi connectivity index (χ4n) is 3.49. The van der Waals surface area contributed by atoms with Gasteiger partial charge in [0.25, 0.3) is 0 Å². The van der Waals surface area contributed by atoms with Crippen LogP contribution in [0.3, 0.4) is 0 Å². The van der Waals surface area contributed by atoms with E-state index in [1.54, 1.807) is 6.07 Å². The number of urea groups is 1. The van der Waals surface area contributed by atoms with Gasteiger partial charge in [0, 0.05) is 6.04 Å². The summed E-state index contributed by atoms with van der Waals surface area (Å²) in [5.41, 5.74) is 3.79.